The summed E-state index contributed by atoms with van der Waals surface area (Å²) in [5.74, 6) is -1.00. The third kappa shape index (κ3) is 2.62. The lowest BCUT2D eigenvalue weighted by molar-refractivity contribution is -0.136. The highest BCUT2D eigenvalue weighted by Gasteiger charge is 2.10. The maximum absolute atomic E-state index is 10.6. The topological polar surface area (TPSA) is 79.5 Å². The molecule has 0 aliphatic rings. The van der Waals surface area contributed by atoms with Gasteiger partial charge in [-0.3, -0.25) is 9.59 Å². The van der Waals surface area contributed by atoms with Crippen molar-refractivity contribution in [3.05, 3.63) is 18.1 Å². The lowest BCUT2D eigenvalue weighted by Gasteiger charge is -1.99. The molecule has 0 aliphatic carbocycles. The molecule has 0 aromatic carbocycles. The lowest BCUT2D eigenvalue weighted by Crippen LogP contribution is -2.08. The van der Waals surface area contributed by atoms with Crippen LogP contribution in [0.15, 0.2) is 16.7 Å². The molecule has 1 heterocycles. The molecule has 0 aliphatic heterocycles. The Kier molecular flexibility index (Phi) is 2.69. The second-order valence-corrected chi connectivity index (χ2v) is 2.51. The third-order valence-corrected chi connectivity index (χ3v) is 1.37. The number of furan rings is 1. The van der Waals surface area contributed by atoms with E-state index < -0.39 is 5.97 Å². The van der Waals surface area contributed by atoms with E-state index >= 15 is 0 Å². The zero-order valence-corrected chi connectivity index (χ0v) is 7.03. The van der Waals surface area contributed by atoms with Crippen LogP contribution in [-0.2, 0) is 16.0 Å². The molecule has 5 heteroatoms. The second-order valence-electron chi connectivity index (χ2n) is 2.51. The van der Waals surface area contributed by atoms with Crippen molar-refractivity contribution in [2.75, 3.05) is 5.32 Å². The van der Waals surface area contributed by atoms with Crippen LogP contribution in [-0.4, -0.2) is 17.0 Å². The van der Waals surface area contributed by atoms with Gasteiger partial charge in [-0.2, -0.15) is 0 Å². The molecule has 0 radical (unpaired) electrons. The number of carboxylic acid groups (broad SMARTS) is 1. The van der Waals surface area contributed by atoms with Gasteiger partial charge in [0.25, 0.3) is 0 Å². The van der Waals surface area contributed by atoms with E-state index in [1.165, 1.54) is 19.3 Å². The number of rotatable bonds is 3. The second kappa shape index (κ2) is 3.75. The lowest BCUT2D eigenvalue weighted by atomic mass is 10.3. The van der Waals surface area contributed by atoms with Crippen LogP contribution in [0.1, 0.15) is 12.7 Å². The third-order valence-electron chi connectivity index (χ3n) is 1.37. The Morgan fingerprint density at radius 2 is 2.31 bits per heavy atom. The van der Waals surface area contributed by atoms with Gasteiger partial charge in [-0.15, -0.1) is 0 Å². The summed E-state index contributed by atoms with van der Waals surface area (Å²) in [5.41, 5.74) is 0.412. The molecule has 0 spiro atoms. The van der Waals surface area contributed by atoms with Gasteiger partial charge in [0.1, 0.15) is 12.2 Å². The fraction of sp³-hybridized carbons (Fsp3) is 0.250. The normalized spacial score (nSPS) is 9.62. The minimum absolute atomic E-state index is 0.234. The molecule has 0 unspecified atom stereocenters. The predicted molar refractivity (Wildman–Crippen MR) is 44.4 cm³/mol. The fourth-order valence-corrected chi connectivity index (χ4v) is 0.916. The number of anilines is 1. The molecule has 1 aromatic rings. The summed E-state index contributed by atoms with van der Waals surface area (Å²) in [4.78, 5) is 21.0. The molecule has 0 atom stereocenters. The molecular weight excluding hydrogens is 174 g/mol. The van der Waals surface area contributed by atoms with Crippen LogP contribution >= 0.6 is 0 Å². The van der Waals surface area contributed by atoms with Gasteiger partial charge < -0.3 is 14.8 Å². The minimum Gasteiger partial charge on any atom is -0.481 e. The smallest absolute Gasteiger partial charge is 0.311 e. The highest BCUT2D eigenvalue weighted by molar-refractivity contribution is 5.89. The van der Waals surface area contributed by atoms with Gasteiger partial charge in [0.15, 0.2) is 0 Å². The first-order valence-corrected chi connectivity index (χ1v) is 3.65. The molecule has 1 aromatic heterocycles. The number of carboxylic acids is 1. The monoisotopic (exact) mass is 183 g/mol. The number of hydrogen-bond acceptors (Lipinski definition) is 3. The highest BCUT2D eigenvalue weighted by Crippen LogP contribution is 2.17. The number of amides is 1. The van der Waals surface area contributed by atoms with E-state index in [4.69, 9.17) is 9.52 Å². The van der Waals surface area contributed by atoms with Gasteiger partial charge in [0.2, 0.25) is 5.91 Å². The van der Waals surface area contributed by atoms with Crippen LogP contribution in [0.2, 0.25) is 0 Å². The summed E-state index contributed by atoms with van der Waals surface area (Å²) < 4.78 is 4.88. The number of carbonyl (C=O) groups is 2. The summed E-state index contributed by atoms with van der Waals surface area (Å²) in [5, 5.41) is 10.9. The van der Waals surface area contributed by atoms with Gasteiger partial charge in [-0.1, -0.05) is 0 Å². The van der Waals surface area contributed by atoms with Crippen molar-refractivity contribution in [3.8, 4) is 0 Å². The molecule has 0 fully saturated rings. The quantitative estimate of drug-likeness (QED) is 0.728. The van der Waals surface area contributed by atoms with Gasteiger partial charge in [-0.25, -0.2) is 0 Å². The molecule has 0 saturated carbocycles. The Morgan fingerprint density at radius 1 is 1.62 bits per heavy atom. The van der Waals surface area contributed by atoms with Crippen molar-refractivity contribution < 1.29 is 19.1 Å². The molecular formula is C8H9NO4. The van der Waals surface area contributed by atoms with E-state index in [2.05, 4.69) is 5.32 Å². The molecule has 1 rings (SSSR count). The van der Waals surface area contributed by atoms with Crippen LogP contribution in [0.4, 0.5) is 5.69 Å². The average Bonchev–Trinajstić information content (AvgIpc) is 2.34. The molecule has 0 bridgehead atoms. The number of aliphatic carboxylic acids is 1. The average molecular weight is 183 g/mol. The van der Waals surface area contributed by atoms with Crippen molar-refractivity contribution in [2.45, 2.75) is 13.3 Å². The summed E-state index contributed by atoms with van der Waals surface area (Å²) in [7, 11) is 0. The summed E-state index contributed by atoms with van der Waals surface area (Å²) >= 11 is 0. The fourth-order valence-electron chi connectivity index (χ4n) is 0.916. The van der Waals surface area contributed by atoms with E-state index in [-0.39, 0.29) is 18.1 Å². The Bertz CT molecular complexity index is 298. The van der Waals surface area contributed by atoms with Crippen LogP contribution in [0, 0.1) is 0 Å². The van der Waals surface area contributed by atoms with E-state index in [1.807, 2.05) is 0 Å². The molecule has 2 N–H and O–H groups in total. The molecule has 0 saturated heterocycles. The zero-order valence-electron chi connectivity index (χ0n) is 7.03. The summed E-state index contributed by atoms with van der Waals surface area (Å²) in [6, 6.07) is 1.51. The number of hydrogen-bond donors (Lipinski definition) is 2. The van der Waals surface area contributed by atoms with Crippen molar-refractivity contribution in [2.24, 2.45) is 0 Å². The van der Waals surface area contributed by atoms with Crippen LogP contribution in [0.25, 0.3) is 0 Å². The first kappa shape index (κ1) is 9.31. The summed E-state index contributed by atoms with van der Waals surface area (Å²) in [6.45, 7) is 1.34. The van der Waals surface area contributed by atoms with Crippen LogP contribution in [0.5, 0.6) is 0 Å². The molecule has 70 valence electrons. The Balaban J connectivity index is 2.76. The standard InChI is InChI=1S/C8H9NO4/c1-5(10)9-6-2-3-13-7(6)4-8(11)12/h2-3H,4H2,1H3,(H,9,10)(H,11,12). The van der Waals surface area contributed by atoms with Crippen molar-refractivity contribution >= 4 is 17.6 Å². The maximum Gasteiger partial charge on any atom is 0.311 e. The number of carbonyl (C=O) groups excluding carboxylic acids is 1. The van der Waals surface area contributed by atoms with E-state index in [0.717, 1.165) is 0 Å². The van der Waals surface area contributed by atoms with Crippen molar-refractivity contribution in [3.63, 3.8) is 0 Å². The van der Waals surface area contributed by atoms with Crippen molar-refractivity contribution in [1.29, 1.82) is 0 Å². The highest BCUT2D eigenvalue weighted by atomic mass is 16.4. The number of nitrogens with one attached hydrogen (secondary N) is 1. The van der Waals surface area contributed by atoms with E-state index in [1.54, 1.807) is 0 Å². The van der Waals surface area contributed by atoms with E-state index in [9.17, 15) is 9.59 Å². The Morgan fingerprint density at radius 3 is 2.85 bits per heavy atom. The largest absolute Gasteiger partial charge is 0.481 e. The van der Waals surface area contributed by atoms with Gasteiger partial charge >= 0.3 is 5.97 Å². The first-order valence-electron chi connectivity index (χ1n) is 3.65. The Hall–Kier alpha value is -1.78. The van der Waals surface area contributed by atoms with Crippen LogP contribution in [0.3, 0.4) is 0 Å². The minimum atomic E-state index is -0.999. The molecule has 5 nitrogen and oxygen atoms in total. The van der Waals surface area contributed by atoms with Crippen molar-refractivity contribution in [1.82, 2.24) is 0 Å². The Labute approximate surface area is 74.4 Å². The molecule has 1 amide bonds. The summed E-state index contributed by atoms with van der Waals surface area (Å²) in [6.07, 6.45) is 1.10. The van der Waals surface area contributed by atoms with Gasteiger partial charge in [0.05, 0.1) is 12.0 Å². The van der Waals surface area contributed by atoms with E-state index in [0.29, 0.717) is 5.69 Å². The maximum atomic E-state index is 10.6. The SMILES string of the molecule is CC(=O)Nc1ccoc1CC(=O)O. The predicted octanol–water partition coefficient (Wildman–Crippen LogP) is 0.865. The zero-order chi connectivity index (χ0) is 9.84. The van der Waals surface area contributed by atoms with Gasteiger partial charge in [0, 0.05) is 13.0 Å². The molecule has 13 heavy (non-hydrogen) atoms. The van der Waals surface area contributed by atoms with Crippen LogP contribution < -0.4 is 5.32 Å². The van der Waals surface area contributed by atoms with Gasteiger partial charge in [-0.05, 0) is 0 Å². The first-order chi connectivity index (χ1) is 6.09.